The van der Waals surface area contributed by atoms with Gasteiger partial charge in [-0.2, -0.15) is 0 Å². The van der Waals surface area contributed by atoms with Crippen LogP contribution in [0.25, 0.3) is 0 Å². The topological polar surface area (TPSA) is 35.5 Å². The molecule has 0 saturated heterocycles. The molecule has 3 nitrogen and oxygen atoms in total. The molecule has 1 heterocycles. The normalized spacial score (nSPS) is 16.2. The molecule has 0 amide bonds. The largest absolute Gasteiger partial charge is 0.487 e. The van der Waals surface area contributed by atoms with E-state index in [2.05, 4.69) is 0 Å². The van der Waals surface area contributed by atoms with Crippen LogP contribution in [0.5, 0.6) is 11.5 Å². The first kappa shape index (κ1) is 14.2. The maximum absolute atomic E-state index is 11.1. The molecule has 2 aromatic rings. The van der Waals surface area contributed by atoms with E-state index >= 15 is 0 Å². The SMILES string of the molecule is O=Cc1cc(Cl)cc(Cl)c1OCC1Cc2ccccc2O1. The molecule has 108 valence electrons. The van der Waals surface area contributed by atoms with Gasteiger partial charge in [0.1, 0.15) is 24.2 Å². The van der Waals surface area contributed by atoms with E-state index in [1.807, 2.05) is 24.3 Å². The summed E-state index contributed by atoms with van der Waals surface area (Å²) >= 11 is 11.9. The Balaban J connectivity index is 1.71. The number of hydrogen-bond acceptors (Lipinski definition) is 3. The van der Waals surface area contributed by atoms with Crippen LogP contribution >= 0.6 is 23.2 Å². The minimum atomic E-state index is -0.0892. The third kappa shape index (κ3) is 2.99. The smallest absolute Gasteiger partial charge is 0.153 e. The minimum absolute atomic E-state index is 0.0892. The van der Waals surface area contributed by atoms with Crippen molar-refractivity contribution in [3.05, 3.63) is 57.6 Å². The third-order valence-corrected chi connectivity index (χ3v) is 3.79. The summed E-state index contributed by atoms with van der Waals surface area (Å²) in [5, 5.41) is 0.721. The van der Waals surface area contributed by atoms with E-state index in [0.29, 0.717) is 34.3 Å². The second kappa shape index (κ2) is 5.96. The van der Waals surface area contributed by atoms with Crippen molar-refractivity contribution in [3.63, 3.8) is 0 Å². The molecule has 0 N–H and O–H groups in total. The molecule has 1 aliphatic heterocycles. The van der Waals surface area contributed by atoms with Gasteiger partial charge in [0.2, 0.25) is 0 Å². The maximum Gasteiger partial charge on any atom is 0.153 e. The van der Waals surface area contributed by atoms with Crippen LogP contribution in [0, 0.1) is 0 Å². The summed E-state index contributed by atoms with van der Waals surface area (Å²) in [5.74, 6) is 1.22. The molecular weight excluding hydrogens is 311 g/mol. The predicted molar refractivity (Wildman–Crippen MR) is 81.9 cm³/mol. The highest BCUT2D eigenvalue weighted by Crippen LogP contribution is 2.33. The molecule has 1 unspecified atom stereocenters. The molecule has 1 aliphatic rings. The van der Waals surface area contributed by atoms with E-state index < -0.39 is 0 Å². The Morgan fingerprint density at radius 3 is 2.86 bits per heavy atom. The number of aldehydes is 1. The first-order valence-electron chi connectivity index (χ1n) is 6.49. The van der Waals surface area contributed by atoms with Gasteiger partial charge in [-0.05, 0) is 23.8 Å². The van der Waals surface area contributed by atoms with Gasteiger partial charge >= 0.3 is 0 Å². The van der Waals surface area contributed by atoms with Crippen LogP contribution in [0.1, 0.15) is 15.9 Å². The molecule has 0 radical (unpaired) electrons. The van der Waals surface area contributed by atoms with Crippen molar-refractivity contribution in [2.24, 2.45) is 0 Å². The quantitative estimate of drug-likeness (QED) is 0.792. The molecule has 0 saturated carbocycles. The number of halogens is 2. The Kier molecular flexibility index (Phi) is 4.04. The number of ether oxygens (including phenoxy) is 2. The van der Waals surface area contributed by atoms with E-state index in [0.717, 1.165) is 17.7 Å². The average molecular weight is 323 g/mol. The summed E-state index contributed by atoms with van der Waals surface area (Å²) in [4.78, 5) is 11.1. The van der Waals surface area contributed by atoms with E-state index in [4.69, 9.17) is 32.7 Å². The van der Waals surface area contributed by atoms with Crippen LogP contribution in [-0.4, -0.2) is 19.0 Å². The number of para-hydroxylation sites is 1. The number of hydrogen-bond donors (Lipinski definition) is 0. The lowest BCUT2D eigenvalue weighted by Gasteiger charge is -2.15. The molecule has 1 atom stereocenters. The van der Waals surface area contributed by atoms with Crippen LogP contribution in [0.3, 0.4) is 0 Å². The second-order valence-corrected chi connectivity index (χ2v) is 5.63. The Hall–Kier alpha value is -1.71. The standard InChI is InChI=1S/C16H12Cl2O3/c17-12-5-11(8-19)16(14(18)7-12)20-9-13-6-10-3-1-2-4-15(10)21-13/h1-5,7-8,13H,6,9H2. The first-order valence-corrected chi connectivity index (χ1v) is 7.24. The van der Waals surface area contributed by atoms with Crippen LogP contribution in [0.15, 0.2) is 36.4 Å². The van der Waals surface area contributed by atoms with Crippen molar-refractivity contribution in [2.75, 3.05) is 6.61 Å². The zero-order valence-corrected chi connectivity index (χ0v) is 12.5. The van der Waals surface area contributed by atoms with E-state index in [1.54, 1.807) is 6.07 Å². The van der Waals surface area contributed by atoms with E-state index in [1.165, 1.54) is 6.07 Å². The van der Waals surface area contributed by atoms with Crippen LogP contribution in [-0.2, 0) is 6.42 Å². The summed E-state index contributed by atoms with van der Waals surface area (Å²) in [6.07, 6.45) is 1.36. The van der Waals surface area contributed by atoms with E-state index in [9.17, 15) is 4.79 Å². The highest BCUT2D eigenvalue weighted by molar-refractivity contribution is 6.36. The first-order chi connectivity index (χ1) is 10.2. The Morgan fingerprint density at radius 2 is 2.10 bits per heavy atom. The van der Waals surface area contributed by atoms with Gasteiger partial charge in [0.15, 0.2) is 6.29 Å². The summed E-state index contributed by atoms with van der Waals surface area (Å²) < 4.78 is 11.5. The lowest BCUT2D eigenvalue weighted by atomic mass is 10.1. The molecule has 0 aromatic heterocycles. The second-order valence-electron chi connectivity index (χ2n) is 4.79. The summed E-state index contributed by atoms with van der Waals surface area (Å²) in [7, 11) is 0. The molecule has 0 aliphatic carbocycles. The van der Waals surface area contributed by atoms with Gasteiger partial charge in [0.25, 0.3) is 0 Å². The number of benzene rings is 2. The van der Waals surface area contributed by atoms with E-state index in [-0.39, 0.29) is 6.10 Å². The van der Waals surface area contributed by atoms with Crippen molar-refractivity contribution in [1.82, 2.24) is 0 Å². The molecular formula is C16H12Cl2O3. The van der Waals surface area contributed by atoms with Crippen LogP contribution in [0.4, 0.5) is 0 Å². The summed E-state index contributed by atoms with van der Waals surface area (Å²) in [5.41, 5.74) is 1.49. The molecule has 2 aromatic carbocycles. The number of carbonyl (C=O) groups is 1. The van der Waals surface area contributed by atoms with Crippen molar-refractivity contribution in [1.29, 1.82) is 0 Å². The zero-order chi connectivity index (χ0) is 14.8. The molecule has 0 bridgehead atoms. The monoisotopic (exact) mass is 322 g/mol. The fraction of sp³-hybridized carbons (Fsp3) is 0.188. The highest BCUT2D eigenvalue weighted by Gasteiger charge is 2.23. The Morgan fingerprint density at radius 1 is 1.29 bits per heavy atom. The van der Waals surface area contributed by atoms with Gasteiger partial charge < -0.3 is 9.47 Å². The maximum atomic E-state index is 11.1. The van der Waals surface area contributed by atoms with Gasteiger partial charge in [-0.3, -0.25) is 4.79 Å². The minimum Gasteiger partial charge on any atom is -0.487 e. The molecule has 21 heavy (non-hydrogen) atoms. The number of fused-ring (bicyclic) bond motifs is 1. The van der Waals surface area contributed by atoms with Crippen molar-refractivity contribution in [2.45, 2.75) is 12.5 Å². The van der Waals surface area contributed by atoms with Crippen molar-refractivity contribution >= 4 is 29.5 Å². The molecule has 0 fully saturated rings. The van der Waals surface area contributed by atoms with Gasteiger partial charge in [0.05, 0.1) is 10.6 Å². The highest BCUT2D eigenvalue weighted by atomic mass is 35.5. The number of rotatable bonds is 4. The van der Waals surface area contributed by atoms with Gasteiger partial charge in [-0.1, -0.05) is 41.4 Å². The fourth-order valence-electron chi connectivity index (χ4n) is 2.34. The molecule has 3 rings (SSSR count). The van der Waals surface area contributed by atoms with Gasteiger partial charge in [-0.15, -0.1) is 0 Å². The predicted octanol–water partition coefficient (Wildman–Crippen LogP) is 4.19. The molecule has 0 spiro atoms. The van der Waals surface area contributed by atoms with Gasteiger partial charge in [0, 0.05) is 11.4 Å². The van der Waals surface area contributed by atoms with Crippen LogP contribution in [0.2, 0.25) is 10.0 Å². The molecule has 5 heteroatoms. The van der Waals surface area contributed by atoms with Crippen LogP contribution < -0.4 is 9.47 Å². The third-order valence-electron chi connectivity index (χ3n) is 3.29. The average Bonchev–Trinajstić information content (AvgIpc) is 2.88. The fourth-order valence-corrected chi connectivity index (χ4v) is 2.91. The van der Waals surface area contributed by atoms with Crippen molar-refractivity contribution < 1.29 is 14.3 Å². The zero-order valence-electron chi connectivity index (χ0n) is 11.0. The lowest BCUT2D eigenvalue weighted by Crippen LogP contribution is -2.22. The number of carbonyl (C=O) groups excluding carboxylic acids is 1. The summed E-state index contributed by atoms with van der Waals surface area (Å²) in [6.45, 7) is 0.316. The van der Waals surface area contributed by atoms with Crippen molar-refractivity contribution in [3.8, 4) is 11.5 Å². The summed E-state index contributed by atoms with van der Waals surface area (Å²) in [6, 6.07) is 11.0. The Bertz CT molecular complexity index is 660. The lowest BCUT2D eigenvalue weighted by molar-refractivity contribution is 0.111. The Labute approximate surface area is 132 Å². The van der Waals surface area contributed by atoms with Gasteiger partial charge in [-0.25, -0.2) is 0 Å².